The molecule has 8 heteroatoms. The highest BCUT2D eigenvalue weighted by molar-refractivity contribution is 5.96. The van der Waals surface area contributed by atoms with Gasteiger partial charge in [0.15, 0.2) is 0 Å². The Labute approximate surface area is 115 Å². The zero-order valence-electron chi connectivity index (χ0n) is 11.1. The number of azide groups is 1. The van der Waals surface area contributed by atoms with E-state index in [1.165, 1.54) is 12.1 Å². The van der Waals surface area contributed by atoms with E-state index in [1.807, 2.05) is 0 Å². The Morgan fingerprint density at radius 3 is 2.90 bits per heavy atom. The molecule has 0 unspecified atom stereocenters. The van der Waals surface area contributed by atoms with Gasteiger partial charge in [0, 0.05) is 35.7 Å². The number of amides is 1. The number of carbonyl (C=O) groups excluding carboxylic acids is 1. The lowest BCUT2D eigenvalue weighted by Gasteiger charge is -2.07. The lowest BCUT2D eigenvalue weighted by molar-refractivity contribution is -0.384. The monoisotopic (exact) mass is 277 g/mol. The highest BCUT2D eigenvalue weighted by Gasteiger charge is 2.13. The van der Waals surface area contributed by atoms with Crippen molar-refractivity contribution in [3.8, 4) is 0 Å². The fourth-order valence-electron chi connectivity index (χ4n) is 1.62. The molecule has 1 amide bonds. The van der Waals surface area contributed by atoms with Crippen LogP contribution in [0.5, 0.6) is 0 Å². The molecule has 1 aromatic rings. The Kier molecular flexibility index (Phi) is 5.99. The summed E-state index contributed by atoms with van der Waals surface area (Å²) in [6.07, 6.45) is 1.36. The van der Waals surface area contributed by atoms with Crippen molar-refractivity contribution in [3.05, 3.63) is 49.9 Å². The van der Waals surface area contributed by atoms with Crippen LogP contribution in [0, 0.1) is 17.0 Å². The van der Waals surface area contributed by atoms with E-state index in [0.717, 1.165) is 0 Å². The predicted molar refractivity (Wildman–Crippen MR) is 73.4 cm³/mol. The molecule has 1 aromatic carbocycles. The lowest BCUT2D eigenvalue weighted by Crippen LogP contribution is -2.25. The number of benzene rings is 1. The number of nitro benzene ring substituents is 1. The quantitative estimate of drug-likeness (QED) is 0.206. The van der Waals surface area contributed by atoms with Gasteiger partial charge in [0.2, 0.25) is 0 Å². The lowest BCUT2D eigenvalue weighted by atomic mass is 10.1. The molecule has 0 saturated carbocycles. The molecule has 0 aliphatic rings. The molecular weight excluding hydrogens is 262 g/mol. The summed E-state index contributed by atoms with van der Waals surface area (Å²) in [5, 5.41) is 16.8. The number of hydrogen-bond acceptors (Lipinski definition) is 4. The first kappa shape index (κ1) is 15.5. The molecule has 8 nitrogen and oxygen atoms in total. The second kappa shape index (κ2) is 7.75. The largest absolute Gasteiger partial charge is 0.352 e. The highest BCUT2D eigenvalue weighted by atomic mass is 16.6. The summed E-state index contributed by atoms with van der Waals surface area (Å²) in [7, 11) is 0. The summed E-state index contributed by atoms with van der Waals surface area (Å²) in [4.78, 5) is 24.7. The van der Waals surface area contributed by atoms with Gasteiger partial charge in [-0.25, -0.2) is 0 Å². The number of non-ortho nitro benzene ring substituents is 1. The molecule has 0 aromatic heterocycles. The van der Waals surface area contributed by atoms with Crippen molar-refractivity contribution in [3.63, 3.8) is 0 Å². The van der Waals surface area contributed by atoms with Gasteiger partial charge in [-0.05, 0) is 30.9 Å². The van der Waals surface area contributed by atoms with E-state index >= 15 is 0 Å². The SMILES string of the molecule is Cc1ccc([N+](=O)[O-])cc1C(=O)NCCCCN=[N+]=[N-]. The van der Waals surface area contributed by atoms with Gasteiger partial charge in [0.1, 0.15) is 0 Å². The fourth-order valence-corrected chi connectivity index (χ4v) is 1.62. The molecule has 106 valence electrons. The first-order valence-electron chi connectivity index (χ1n) is 6.10. The predicted octanol–water partition coefficient (Wildman–Crippen LogP) is 2.72. The van der Waals surface area contributed by atoms with Gasteiger partial charge in [-0.2, -0.15) is 0 Å². The van der Waals surface area contributed by atoms with Crippen molar-refractivity contribution in [1.82, 2.24) is 5.32 Å². The average molecular weight is 277 g/mol. The number of hydrogen-bond donors (Lipinski definition) is 1. The smallest absolute Gasteiger partial charge is 0.270 e. The second-order valence-corrected chi connectivity index (χ2v) is 4.17. The topological polar surface area (TPSA) is 121 Å². The minimum Gasteiger partial charge on any atom is -0.352 e. The minimum absolute atomic E-state index is 0.107. The molecule has 1 rings (SSSR count). The molecule has 0 aliphatic heterocycles. The molecule has 0 saturated heterocycles. The van der Waals surface area contributed by atoms with E-state index in [9.17, 15) is 14.9 Å². The van der Waals surface area contributed by atoms with E-state index in [4.69, 9.17) is 5.53 Å². The van der Waals surface area contributed by atoms with Gasteiger partial charge in [-0.1, -0.05) is 11.2 Å². The number of nitrogens with one attached hydrogen (secondary N) is 1. The van der Waals surface area contributed by atoms with Gasteiger partial charge in [0.25, 0.3) is 11.6 Å². The maximum absolute atomic E-state index is 11.9. The molecule has 0 radical (unpaired) electrons. The van der Waals surface area contributed by atoms with E-state index in [2.05, 4.69) is 15.3 Å². The van der Waals surface area contributed by atoms with Crippen LogP contribution in [0.1, 0.15) is 28.8 Å². The number of aryl methyl sites for hydroxylation is 1. The number of nitro groups is 1. The van der Waals surface area contributed by atoms with Crippen LogP contribution in [0.25, 0.3) is 10.4 Å². The molecule has 0 bridgehead atoms. The maximum atomic E-state index is 11.9. The van der Waals surface area contributed by atoms with Crippen molar-refractivity contribution in [2.45, 2.75) is 19.8 Å². The van der Waals surface area contributed by atoms with Gasteiger partial charge in [0.05, 0.1) is 4.92 Å². The Morgan fingerprint density at radius 1 is 1.50 bits per heavy atom. The molecule has 1 N–H and O–H groups in total. The normalized spacial score (nSPS) is 9.65. The van der Waals surface area contributed by atoms with Crippen molar-refractivity contribution in [2.24, 2.45) is 5.11 Å². The third-order valence-electron chi connectivity index (χ3n) is 2.71. The van der Waals surface area contributed by atoms with E-state index in [1.54, 1.807) is 13.0 Å². The molecule has 0 atom stereocenters. The summed E-state index contributed by atoms with van der Waals surface area (Å²) in [5.41, 5.74) is 8.97. The molecule has 0 fully saturated rings. The van der Waals surface area contributed by atoms with Crippen molar-refractivity contribution >= 4 is 11.6 Å². The molecule has 20 heavy (non-hydrogen) atoms. The third-order valence-corrected chi connectivity index (χ3v) is 2.71. The van der Waals surface area contributed by atoms with E-state index < -0.39 is 4.92 Å². The van der Waals surface area contributed by atoms with Crippen LogP contribution in [-0.4, -0.2) is 23.9 Å². The van der Waals surface area contributed by atoms with Crippen molar-refractivity contribution < 1.29 is 9.72 Å². The Balaban J connectivity index is 2.56. The number of nitrogens with zero attached hydrogens (tertiary/aromatic N) is 4. The van der Waals surface area contributed by atoms with E-state index in [0.29, 0.717) is 37.1 Å². The van der Waals surface area contributed by atoms with E-state index in [-0.39, 0.29) is 11.6 Å². The third kappa shape index (κ3) is 4.58. The Morgan fingerprint density at radius 2 is 2.25 bits per heavy atom. The molecule has 0 heterocycles. The first-order chi connectivity index (χ1) is 9.56. The molecule has 0 aliphatic carbocycles. The van der Waals surface area contributed by atoms with Crippen LogP contribution in [0.2, 0.25) is 0 Å². The average Bonchev–Trinajstić information content (AvgIpc) is 2.42. The molecular formula is C12H15N5O3. The summed E-state index contributed by atoms with van der Waals surface area (Å²) in [6, 6.07) is 4.19. The van der Waals surface area contributed by atoms with Gasteiger partial charge >= 0.3 is 0 Å². The van der Waals surface area contributed by atoms with Gasteiger partial charge in [-0.3, -0.25) is 14.9 Å². The standard InChI is InChI=1S/C12H15N5O3/c1-9-4-5-10(17(19)20)8-11(9)12(18)14-6-2-3-7-15-16-13/h4-5,8H,2-3,6-7H2,1H3,(H,14,18). The number of rotatable bonds is 7. The Bertz CT molecular complexity index is 552. The number of carbonyl (C=O) groups is 1. The number of unbranched alkanes of at least 4 members (excludes halogenated alkanes) is 1. The summed E-state index contributed by atoms with van der Waals surface area (Å²) >= 11 is 0. The first-order valence-corrected chi connectivity index (χ1v) is 6.10. The van der Waals surface area contributed by atoms with Crippen molar-refractivity contribution in [2.75, 3.05) is 13.1 Å². The maximum Gasteiger partial charge on any atom is 0.270 e. The highest BCUT2D eigenvalue weighted by Crippen LogP contribution is 2.17. The summed E-state index contributed by atoms with van der Waals surface area (Å²) < 4.78 is 0. The van der Waals surface area contributed by atoms with Crippen molar-refractivity contribution in [1.29, 1.82) is 0 Å². The van der Waals surface area contributed by atoms with Crippen LogP contribution >= 0.6 is 0 Å². The van der Waals surface area contributed by atoms with Crippen LogP contribution < -0.4 is 5.32 Å². The fraction of sp³-hybridized carbons (Fsp3) is 0.417. The van der Waals surface area contributed by atoms with Gasteiger partial charge in [-0.15, -0.1) is 0 Å². The summed E-state index contributed by atoms with van der Waals surface area (Å²) in [6.45, 7) is 2.55. The van der Waals surface area contributed by atoms with Crippen LogP contribution in [0.4, 0.5) is 5.69 Å². The minimum atomic E-state index is -0.532. The molecule has 0 spiro atoms. The van der Waals surface area contributed by atoms with Crippen LogP contribution in [0.3, 0.4) is 0 Å². The van der Waals surface area contributed by atoms with Gasteiger partial charge < -0.3 is 5.32 Å². The zero-order chi connectivity index (χ0) is 15.0. The van der Waals surface area contributed by atoms with Crippen LogP contribution in [0.15, 0.2) is 23.3 Å². The zero-order valence-corrected chi connectivity index (χ0v) is 11.1. The summed E-state index contributed by atoms with van der Waals surface area (Å²) in [5.74, 6) is -0.338. The Hall–Kier alpha value is -2.60. The van der Waals surface area contributed by atoms with Crippen LogP contribution in [-0.2, 0) is 0 Å². The second-order valence-electron chi connectivity index (χ2n) is 4.17.